The summed E-state index contributed by atoms with van der Waals surface area (Å²) < 4.78 is 0. The van der Waals surface area contributed by atoms with E-state index in [1.54, 1.807) is 18.2 Å². The van der Waals surface area contributed by atoms with Gasteiger partial charge in [0.05, 0.1) is 16.0 Å². The molecule has 0 saturated heterocycles. The molecule has 37 heavy (non-hydrogen) atoms. The third-order valence-corrected chi connectivity index (χ3v) is 7.25. The fourth-order valence-electron chi connectivity index (χ4n) is 4.53. The van der Waals surface area contributed by atoms with E-state index in [1.165, 1.54) is 5.56 Å². The second-order valence-corrected chi connectivity index (χ2v) is 10.00. The highest BCUT2D eigenvalue weighted by atomic mass is 35.5. The van der Waals surface area contributed by atoms with Crippen molar-refractivity contribution in [3.8, 4) is 0 Å². The van der Waals surface area contributed by atoms with E-state index in [0.29, 0.717) is 41.1 Å². The number of benzene rings is 3. The van der Waals surface area contributed by atoms with Crippen LogP contribution in [0.15, 0.2) is 65.7 Å². The lowest BCUT2D eigenvalue weighted by atomic mass is 9.94. The van der Waals surface area contributed by atoms with Gasteiger partial charge in [-0.3, -0.25) is 9.79 Å². The second-order valence-electron chi connectivity index (χ2n) is 9.18. The first-order chi connectivity index (χ1) is 17.9. The minimum absolute atomic E-state index is 0.182. The van der Waals surface area contributed by atoms with E-state index >= 15 is 0 Å². The van der Waals surface area contributed by atoms with Gasteiger partial charge in [0, 0.05) is 23.4 Å². The van der Waals surface area contributed by atoms with Crippen molar-refractivity contribution in [2.24, 2.45) is 10.7 Å². The molecule has 4 rings (SSSR count). The number of nitrogens with zero attached hydrogens (tertiary/aromatic N) is 1. The monoisotopic (exact) mass is 538 g/mol. The first kappa shape index (κ1) is 27.1. The van der Waals surface area contributed by atoms with E-state index in [-0.39, 0.29) is 5.91 Å². The topological polar surface area (TPSA) is 99.7 Å². The van der Waals surface area contributed by atoms with Gasteiger partial charge in [-0.05, 0) is 66.8 Å². The number of aliphatic imine (C=N–C) groups is 1. The van der Waals surface area contributed by atoms with Gasteiger partial charge in [0.25, 0.3) is 0 Å². The molecular weight excluding hydrogens is 507 g/mol. The van der Waals surface area contributed by atoms with Crippen LogP contribution in [-0.2, 0) is 17.6 Å². The lowest BCUT2D eigenvalue weighted by Crippen LogP contribution is -2.32. The number of rotatable bonds is 9. The molecule has 0 aliphatic carbocycles. The van der Waals surface area contributed by atoms with Crippen molar-refractivity contribution in [1.29, 1.82) is 0 Å². The average molecular weight is 540 g/mol. The Morgan fingerprint density at radius 2 is 1.81 bits per heavy atom. The Balaban J connectivity index is 1.51. The summed E-state index contributed by atoms with van der Waals surface area (Å²) in [6, 6.07) is 18.9. The maximum absolute atomic E-state index is 13.3. The van der Waals surface area contributed by atoms with Crippen molar-refractivity contribution in [3.05, 3.63) is 98.5 Å². The zero-order valence-corrected chi connectivity index (χ0v) is 22.3. The number of carbonyl (C=O) groups excluding carboxylic acids is 1. The number of anilines is 1. The molecule has 1 heterocycles. The van der Waals surface area contributed by atoms with Crippen LogP contribution in [0, 0.1) is 0 Å². The molecule has 3 aromatic carbocycles. The summed E-state index contributed by atoms with van der Waals surface area (Å²) >= 11 is 12.2. The Hall–Kier alpha value is -2.90. The first-order valence-corrected chi connectivity index (χ1v) is 13.3. The number of halogens is 2. The minimum atomic E-state index is -0.901. The maximum atomic E-state index is 13.3. The van der Waals surface area contributed by atoms with Gasteiger partial charge in [-0.25, -0.2) is 0 Å². The van der Waals surface area contributed by atoms with Crippen molar-refractivity contribution in [2.75, 3.05) is 18.4 Å². The van der Waals surface area contributed by atoms with Crippen LogP contribution in [0.2, 0.25) is 10.0 Å². The summed E-state index contributed by atoms with van der Waals surface area (Å²) in [5, 5.41) is 17.8. The smallest absolute Gasteiger partial charge is 0.231 e. The molecule has 3 aromatic rings. The summed E-state index contributed by atoms with van der Waals surface area (Å²) in [6.45, 7) is 3.12. The van der Waals surface area contributed by atoms with E-state index < -0.39 is 12.1 Å². The highest BCUT2D eigenvalue weighted by Crippen LogP contribution is 2.29. The number of carbonyl (C=O) groups is 1. The molecule has 6 nitrogen and oxygen atoms in total. The van der Waals surface area contributed by atoms with E-state index in [0.717, 1.165) is 41.5 Å². The fraction of sp³-hybridized carbons (Fsp3) is 0.310. The van der Waals surface area contributed by atoms with Crippen LogP contribution in [0.5, 0.6) is 0 Å². The summed E-state index contributed by atoms with van der Waals surface area (Å²) in [7, 11) is 0. The molecule has 0 bridgehead atoms. The average Bonchev–Trinajstić information content (AvgIpc) is 2.90. The number of hydrogen-bond donors (Lipinski definition) is 4. The second kappa shape index (κ2) is 12.6. The van der Waals surface area contributed by atoms with Gasteiger partial charge in [0.2, 0.25) is 5.91 Å². The molecule has 5 N–H and O–H groups in total. The predicted octanol–water partition coefficient (Wildman–Crippen LogP) is 5.60. The summed E-state index contributed by atoms with van der Waals surface area (Å²) in [4.78, 5) is 17.9. The summed E-state index contributed by atoms with van der Waals surface area (Å²) in [6.07, 6.45) is 2.44. The molecule has 1 aliphatic rings. The van der Waals surface area contributed by atoms with Crippen LogP contribution in [-0.4, -0.2) is 29.9 Å². The minimum Gasteiger partial charge on any atom is -0.369 e. The predicted molar refractivity (Wildman–Crippen MR) is 152 cm³/mol. The molecule has 2 atom stereocenters. The van der Waals surface area contributed by atoms with Crippen LogP contribution < -0.4 is 16.4 Å². The molecule has 0 spiro atoms. The largest absolute Gasteiger partial charge is 0.369 e. The van der Waals surface area contributed by atoms with Gasteiger partial charge in [-0.1, -0.05) is 72.9 Å². The lowest BCUT2D eigenvalue weighted by Gasteiger charge is -2.23. The third kappa shape index (κ3) is 6.70. The highest BCUT2D eigenvalue weighted by Gasteiger charge is 2.23. The molecule has 0 aromatic heterocycles. The molecule has 1 amide bonds. The summed E-state index contributed by atoms with van der Waals surface area (Å²) in [5.41, 5.74) is 11.2. The molecule has 194 valence electrons. The number of aliphatic hydroxyl groups excluding tert-OH is 1. The first-order valence-electron chi connectivity index (χ1n) is 12.6. The zero-order valence-electron chi connectivity index (χ0n) is 20.8. The van der Waals surface area contributed by atoms with Crippen LogP contribution in [0.1, 0.15) is 59.7 Å². The Morgan fingerprint density at radius 3 is 2.51 bits per heavy atom. The van der Waals surface area contributed by atoms with E-state index in [4.69, 9.17) is 28.9 Å². The number of nitrogens with two attached hydrogens (primary N) is 1. The van der Waals surface area contributed by atoms with Crippen LogP contribution in [0.4, 0.5) is 5.69 Å². The normalized spacial score (nSPS) is 14.4. The van der Waals surface area contributed by atoms with Crippen LogP contribution in [0.3, 0.4) is 0 Å². The van der Waals surface area contributed by atoms with Crippen molar-refractivity contribution < 1.29 is 9.90 Å². The molecular formula is C29H32Cl2N4O2. The molecule has 1 aliphatic heterocycles. The number of amidine groups is 1. The van der Waals surface area contributed by atoms with Gasteiger partial charge in [0.15, 0.2) is 6.23 Å². The standard InChI is InChI=1S/C29H32Cl2N4O2/c1-2-3-18-4-6-20(7-5-18)28(36)35-27-24-17-22(10-8-19(24)13-15-33-27)34-29(37)23(12-14-32)21-9-11-25(30)26(31)16-21/h4-11,16-17,23,28,36H,2-3,12-15,32H2,1H3,(H,33,35)(H,34,37). The number of aryl methyl sites for hydroxylation is 1. The van der Waals surface area contributed by atoms with Gasteiger partial charge in [-0.15, -0.1) is 0 Å². The SMILES string of the molecule is CCCc1ccc(C(O)NC2=NCCc3ccc(NC(=O)C(CCN)c4ccc(Cl)c(Cl)c4)cc32)cc1. The molecule has 0 saturated carbocycles. The van der Waals surface area contributed by atoms with Gasteiger partial charge in [0.1, 0.15) is 5.84 Å². The van der Waals surface area contributed by atoms with E-state index in [1.807, 2.05) is 42.5 Å². The molecule has 2 unspecified atom stereocenters. The van der Waals surface area contributed by atoms with Crippen molar-refractivity contribution in [3.63, 3.8) is 0 Å². The van der Waals surface area contributed by atoms with Gasteiger partial charge < -0.3 is 21.5 Å². The molecule has 0 fully saturated rings. The fourth-order valence-corrected chi connectivity index (χ4v) is 4.84. The Morgan fingerprint density at radius 1 is 1.05 bits per heavy atom. The number of fused-ring (bicyclic) bond motifs is 1. The van der Waals surface area contributed by atoms with Crippen molar-refractivity contribution >= 4 is 40.6 Å². The van der Waals surface area contributed by atoms with E-state index in [2.05, 4.69) is 22.5 Å². The lowest BCUT2D eigenvalue weighted by molar-refractivity contribution is -0.117. The number of hydrogen-bond acceptors (Lipinski definition) is 5. The van der Waals surface area contributed by atoms with Crippen LogP contribution >= 0.6 is 23.2 Å². The van der Waals surface area contributed by atoms with E-state index in [9.17, 15) is 9.90 Å². The third-order valence-electron chi connectivity index (χ3n) is 6.51. The van der Waals surface area contributed by atoms with Crippen LogP contribution in [0.25, 0.3) is 0 Å². The number of nitrogens with one attached hydrogen (secondary N) is 2. The number of aliphatic hydroxyl groups is 1. The Labute approximate surface area is 227 Å². The molecule has 8 heteroatoms. The Bertz CT molecular complexity index is 1280. The Kier molecular flexibility index (Phi) is 9.22. The highest BCUT2D eigenvalue weighted by molar-refractivity contribution is 6.42. The molecule has 0 radical (unpaired) electrons. The summed E-state index contributed by atoms with van der Waals surface area (Å²) in [5.74, 6) is -0.0525. The van der Waals surface area contributed by atoms with Gasteiger partial charge in [-0.2, -0.15) is 0 Å². The maximum Gasteiger partial charge on any atom is 0.231 e. The zero-order chi connectivity index (χ0) is 26.4. The van der Waals surface area contributed by atoms with Crippen molar-refractivity contribution in [2.45, 2.75) is 44.8 Å². The van der Waals surface area contributed by atoms with Crippen molar-refractivity contribution in [1.82, 2.24) is 5.32 Å². The number of amides is 1. The quantitative estimate of drug-likeness (QED) is 0.266. The van der Waals surface area contributed by atoms with Gasteiger partial charge >= 0.3 is 0 Å².